The van der Waals surface area contributed by atoms with E-state index in [1.54, 1.807) is 0 Å². The van der Waals surface area contributed by atoms with Crippen molar-refractivity contribution < 1.29 is 31.7 Å². The van der Waals surface area contributed by atoms with E-state index in [0.29, 0.717) is 0 Å². The Hall–Kier alpha value is 0.281. The van der Waals surface area contributed by atoms with Crippen molar-refractivity contribution in [3.05, 3.63) is 0 Å². The Kier molecular flexibility index (Phi) is 5.50. The fourth-order valence-electron chi connectivity index (χ4n) is 0.763. The summed E-state index contributed by atoms with van der Waals surface area (Å²) in [6.07, 6.45) is -5.45. The average molecular weight is 266 g/mol. The van der Waals surface area contributed by atoms with Gasteiger partial charge in [0.05, 0.1) is 0 Å². The van der Waals surface area contributed by atoms with Crippen LogP contribution in [0.15, 0.2) is 0 Å². The Bertz CT molecular complexity index is 176. The van der Waals surface area contributed by atoms with E-state index in [2.05, 4.69) is 4.12 Å². The van der Waals surface area contributed by atoms with E-state index < -0.39 is 45.3 Å². The van der Waals surface area contributed by atoms with Crippen molar-refractivity contribution in [3.8, 4) is 0 Å². The van der Waals surface area contributed by atoms with Gasteiger partial charge in [0.25, 0.3) is 0 Å². The highest BCUT2D eigenvalue weighted by atomic mass is 29.2. The molecule has 0 amide bonds. The van der Waals surface area contributed by atoms with Gasteiger partial charge in [-0.3, -0.25) is 0 Å². The van der Waals surface area contributed by atoms with Gasteiger partial charge in [-0.1, -0.05) is 0 Å². The van der Waals surface area contributed by atoms with Gasteiger partial charge in [-0.25, -0.2) is 0 Å². The van der Waals surface area contributed by atoms with E-state index in [9.17, 15) is 18.0 Å². The Morgan fingerprint density at radius 2 is 2.00 bits per heavy atom. The molecule has 0 saturated carbocycles. The molecule has 0 radical (unpaired) electrons. The molecule has 2 atom stereocenters. The highest BCUT2D eigenvalue weighted by Crippen LogP contribution is 2.25. The van der Waals surface area contributed by atoms with Crippen molar-refractivity contribution >= 4 is 26.6 Å². The molecule has 0 spiro atoms. The minimum atomic E-state index is -4.33. The van der Waals surface area contributed by atoms with Crippen LogP contribution in [0.25, 0.3) is 0 Å². The van der Waals surface area contributed by atoms with Crippen molar-refractivity contribution in [2.75, 3.05) is 0 Å². The number of alkyl halides is 3. The molecule has 10 heteroatoms. The standard InChI is InChI=1S/C4H13F3O4Si3/c1-14(10,11-13(9)12-8)3-2-4(5,6)7/h8-10,13H,2-3,12H2,1H3. The van der Waals surface area contributed by atoms with Gasteiger partial charge in [0.15, 0.2) is 0 Å². The number of hydrogen-bond acceptors (Lipinski definition) is 4. The number of rotatable bonds is 5. The third-order valence-electron chi connectivity index (χ3n) is 1.42. The van der Waals surface area contributed by atoms with Crippen LogP contribution in [0.5, 0.6) is 0 Å². The van der Waals surface area contributed by atoms with Crippen molar-refractivity contribution in [1.82, 2.24) is 0 Å². The molecule has 0 saturated heterocycles. The maximum Gasteiger partial charge on any atom is 0.389 e. The summed E-state index contributed by atoms with van der Waals surface area (Å²) in [6.45, 7) is 1.18. The highest BCUT2D eigenvalue weighted by molar-refractivity contribution is 7.04. The van der Waals surface area contributed by atoms with Gasteiger partial charge >= 0.3 is 23.5 Å². The van der Waals surface area contributed by atoms with E-state index in [0.717, 1.165) is 0 Å². The molecule has 0 fully saturated rings. The van der Waals surface area contributed by atoms with Crippen LogP contribution in [0.2, 0.25) is 12.6 Å². The molecule has 0 aromatic rings. The first-order valence-corrected chi connectivity index (χ1v) is 11.4. The number of halogens is 3. The summed E-state index contributed by atoms with van der Waals surface area (Å²) in [5, 5.41) is 0. The first-order chi connectivity index (χ1) is 6.16. The molecule has 0 heterocycles. The van der Waals surface area contributed by atoms with E-state index in [-0.39, 0.29) is 0 Å². The largest absolute Gasteiger partial charge is 0.436 e. The SMILES string of the molecule is C[Si](O)(CCC(F)(F)F)O[SiH](O)[SiH2]O. The lowest BCUT2D eigenvalue weighted by Crippen LogP contribution is -2.44. The predicted octanol–water partition coefficient (Wildman–Crippen LogP) is -1.19. The minimum Gasteiger partial charge on any atom is -0.436 e. The van der Waals surface area contributed by atoms with Crippen LogP contribution in [0, 0.1) is 0 Å². The van der Waals surface area contributed by atoms with Gasteiger partial charge in [-0.05, 0) is 12.6 Å². The second-order valence-corrected chi connectivity index (χ2v) is 11.3. The smallest absolute Gasteiger partial charge is 0.389 e. The van der Waals surface area contributed by atoms with Crippen LogP contribution >= 0.6 is 0 Å². The zero-order valence-electron chi connectivity index (χ0n) is 7.58. The van der Waals surface area contributed by atoms with Crippen LogP contribution in [0.1, 0.15) is 6.42 Å². The summed E-state index contributed by atoms with van der Waals surface area (Å²) in [5.41, 5.74) is 0. The highest BCUT2D eigenvalue weighted by Gasteiger charge is 2.36. The Morgan fingerprint density at radius 1 is 1.50 bits per heavy atom. The lowest BCUT2D eigenvalue weighted by Gasteiger charge is -2.23. The summed E-state index contributed by atoms with van der Waals surface area (Å²) in [7, 11) is -7.91. The molecule has 0 aliphatic heterocycles. The molecule has 0 aromatic carbocycles. The molecule has 14 heavy (non-hydrogen) atoms. The van der Waals surface area contributed by atoms with Gasteiger partial charge in [-0.2, -0.15) is 13.2 Å². The first kappa shape index (κ1) is 14.3. The van der Waals surface area contributed by atoms with Crippen molar-refractivity contribution in [3.63, 3.8) is 0 Å². The van der Waals surface area contributed by atoms with Gasteiger partial charge < -0.3 is 18.5 Å². The Balaban J connectivity index is 3.95. The van der Waals surface area contributed by atoms with Crippen LogP contribution in [-0.4, -0.2) is 47.2 Å². The fraction of sp³-hybridized carbons (Fsp3) is 1.00. The van der Waals surface area contributed by atoms with Crippen LogP contribution in [0.3, 0.4) is 0 Å². The van der Waals surface area contributed by atoms with Gasteiger partial charge in [0, 0.05) is 6.42 Å². The zero-order valence-corrected chi connectivity index (χ0v) is 11.2. The maximum absolute atomic E-state index is 11.8. The molecule has 2 unspecified atom stereocenters. The van der Waals surface area contributed by atoms with Crippen molar-refractivity contribution in [1.29, 1.82) is 0 Å². The molecule has 0 aromatic heterocycles. The molecule has 0 aliphatic rings. The Morgan fingerprint density at radius 3 is 2.36 bits per heavy atom. The lowest BCUT2D eigenvalue weighted by atomic mass is 10.5. The molecule has 0 aliphatic carbocycles. The van der Waals surface area contributed by atoms with E-state index in [1.807, 2.05) is 0 Å². The number of hydrogen-bond donors (Lipinski definition) is 3. The second kappa shape index (κ2) is 5.39. The van der Waals surface area contributed by atoms with Crippen molar-refractivity contribution in [2.24, 2.45) is 0 Å². The second-order valence-electron chi connectivity index (χ2n) is 3.05. The van der Waals surface area contributed by atoms with Gasteiger partial charge in [-0.15, -0.1) is 0 Å². The third-order valence-corrected chi connectivity index (χ3v) is 8.47. The first-order valence-electron chi connectivity index (χ1n) is 3.92. The monoisotopic (exact) mass is 266 g/mol. The van der Waals surface area contributed by atoms with Crippen LogP contribution < -0.4 is 0 Å². The summed E-state index contributed by atoms with van der Waals surface area (Å²) in [6, 6.07) is -0.505. The lowest BCUT2D eigenvalue weighted by molar-refractivity contribution is -0.131. The Labute approximate surface area is 84.2 Å². The molecular weight excluding hydrogens is 253 g/mol. The van der Waals surface area contributed by atoms with E-state index >= 15 is 0 Å². The van der Waals surface area contributed by atoms with Gasteiger partial charge in [0.2, 0.25) is 9.28 Å². The molecule has 0 bridgehead atoms. The topological polar surface area (TPSA) is 69.9 Å². The molecule has 4 nitrogen and oxygen atoms in total. The fourth-order valence-corrected chi connectivity index (χ4v) is 8.53. The van der Waals surface area contributed by atoms with E-state index in [1.165, 1.54) is 6.55 Å². The normalized spacial score (nSPS) is 19.9. The summed E-state index contributed by atoms with van der Waals surface area (Å²) < 4.78 is 40.0. The summed E-state index contributed by atoms with van der Waals surface area (Å²) in [4.78, 5) is 26.9. The molecule has 86 valence electrons. The quantitative estimate of drug-likeness (QED) is 0.547. The third kappa shape index (κ3) is 7.66. The van der Waals surface area contributed by atoms with Crippen molar-refractivity contribution in [2.45, 2.75) is 25.2 Å². The van der Waals surface area contributed by atoms with Gasteiger partial charge in [0.1, 0.15) is 0 Å². The van der Waals surface area contributed by atoms with E-state index in [4.69, 9.17) is 9.59 Å². The zero-order chi connectivity index (χ0) is 11.4. The summed E-state index contributed by atoms with van der Waals surface area (Å²) >= 11 is 0. The molecule has 3 N–H and O–H groups in total. The van der Waals surface area contributed by atoms with Crippen LogP contribution in [-0.2, 0) is 4.12 Å². The average Bonchev–Trinajstić information content (AvgIpc) is 1.99. The minimum absolute atomic E-state index is 0.505. The maximum atomic E-state index is 11.8. The predicted molar refractivity (Wildman–Crippen MR) is 50.5 cm³/mol. The summed E-state index contributed by atoms with van der Waals surface area (Å²) in [5.74, 6) is 0. The molecular formula is C4H13F3O4Si3. The molecule has 0 rings (SSSR count). The van der Waals surface area contributed by atoms with Crippen LogP contribution in [0.4, 0.5) is 13.2 Å².